The largest absolute Gasteiger partial charge is 0.504 e. The van der Waals surface area contributed by atoms with Crippen molar-refractivity contribution in [2.45, 2.75) is 12.5 Å². The molecule has 1 aromatic rings. The summed E-state index contributed by atoms with van der Waals surface area (Å²) in [6.07, 6.45) is -8.91. The van der Waals surface area contributed by atoms with Crippen LogP contribution in [0.3, 0.4) is 0 Å². The lowest BCUT2D eigenvalue weighted by Gasteiger charge is -2.07. The van der Waals surface area contributed by atoms with Gasteiger partial charge in [-0.3, -0.25) is 0 Å². The Hall–Kier alpha value is -1.41. The van der Waals surface area contributed by atoms with Crippen LogP contribution in [0.1, 0.15) is 0 Å². The third-order valence-electron chi connectivity index (χ3n) is 1.21. The zero-order chi connectivity index (χ0) is 11.7. The van der Waals surface area contributed by atoms with E-state index in [-0.39, 0.29) is 0 Å². The van der Waals surface area contributed by atoms with Crippen molar-refractivity contribution < 1.29 is 31.1 Å². The highest BCUT2D eigenvalue weighted by molar-refractivity contribution is 5.06. The van der Waals surface area contributed by atoms with E-state index in [0.29, 0.717) is 12.3 Å². The molecule has 1 rings (SSSR count). The Labute approximate surface area is 79.2 Å². The smallest absolute Gasteiger partial charge is 0.467 e. The van der Waals surface area contributed by atoms with Gasteiger partial charge in [0.15, 0.2) is 6.61 Å². The van der Waals surface area contributed by atoms with E-state index >= 15 is 0 Å². The van der Waals surface area contributed by atoms with E-state index in [9.17, 15) is 26.3 Å². The van der Waals surface area contributed by atoms with E-state index in [4.69, 9.17) is 0 Å². The van der Waals surface area contributed by atoms with Gasteiger partial charge in [-0.1, -0.05) is 0 Å². The van der Waals surface area contributed by atoms with Gasteiger partial charge in [0, 0.05) is 12.3 Å². The number of nitrogens with zero attached hydrogens (tertiary/aromatic N) is 2. The van der Waals surface area contributed by atoms with E-state index < -0.39 is 29.6 Å². The molecule has 0 saturated carbocycles. The Morgan fingerprint density at radius 1 is 1.20 bits per heavy atom. The normalized spacial score (nSPS) is 12.9. The van der Waals surface area contributed by atoms with Gasteiger partial charge in [0.1, 0.15) is 0 Å². The maximum Gasteiger partial charge on any atom is 0.504 e. The van der Waals surface area contributed by atoms with Gasteiger partial charge in [-0.25, -0.2) is 0 Å². The summed E-state index contributed by atoms with van der Waals surface area (Å²) in [7, 11) is 0. The molecule has 0 spiro atoms. The molecule has 0 amide bonds. The number of ether oxygens (including phenoxy) is 1. The molecule has 86 valence electrons. The number of halogens is 6. The Kier molecular flexibility index (Phi) is 2.82. The van der Waals surface area contributed by atoms with Crippen LogP contribution in [0.25, 0.3) is 0 Å². The van der Waals surface area contributed by atoms with E-state index in [0.717, 1.165) is 0 Å². The Balaban J connectivity index is 2.62. The number of rotatable bonds is 2. The van der Waals surface area contributed by atoms with E-state index in [1.54, 1.807) is 0 Å². The molecule has 0 N–H and O–H groups in total. The van der Waals surface area contributed by atoms with Crippen LogP contribution in [0.15, 0.2) is 12.3 Å². The summed E-state index contributed by atoms with van der Waals surface area (Å²) in [6, 6.07) is 0.694. The minimum Gasteiger partial charge on any atom is -0.467 e. The molecule has 0 aliphatic carbocycles. The van der Waals surface area contributed by atoms with E-state index in [1.165, 1.54) is 0 Å². The van der Waals surface area contributed by atoms with Gasteiger partial charge in [0.25, 0.3) is 0 Å². The average Bonchev–Trinajstić information content (AvgIpc) is 2.45. The number of alkyl halides is 6. The van der Waals surface area contributed by atoms with Crippen molar-refractivity contribution in [1.82, 2.24) is 9.78 Å². The maximum absolute atomic E-state index is 11.9. The molecule has 0 bridgehead atoms. The number of aromatic nitrogens is 2. The second-order valence-electron chi connectivity index (χ2n) is 2.47. The first-order valence-corrected chi connectivity index (χ1v) is 3.51. The lowest BCUT2D eigenvalue weighted by atomic mass is 10.6. The van der Waals surface area contributed by atoms with Crippen LogP contribution in [0.4, 0.5) is 26.3 Å². The molecule has 0 unspecified atom stereocenters. The Morgan fingerprint density at radius 2 is 1.80 bits per heavy atom. The molecular weight excluding hydrogens is 230 g/mol. The summed E-state index contributed by atoms with van der Waals surface area (Å²) in [5.74, 6) is -0.732. The van der Waals surface area contributed by atoms with Crippen molar-refractivity contribution in [2.24, 2.45) is 0 Å². The first-order valence-electron chi connectivity index (χ1n) is 3.51. The first kappa shape index (κ1) is 11.7. The average molecular weight is 234 g/mol. The molecule has 0 aliphatic rings. The molecule has 0 fully saturated rings. The van der Waals surface area contributed by atoms with Crippen LogP contribution in [0.5, 0.6) is 5.88 Å². The minimum atomic E-state index is -4.76. The third kappa shape index (κ3) is 3.68. The van der Waals surface area contributed by atoms with Crippen LogP contribution in [0.2, 0.25) is 0 Å². The van der Waals surface area contributed by atoms with Gasteiger partial charge >= 0.3 is 12.5 Å². The van der Waals surface area contributed by atoms with Gasteiger partial charge in [-0.2, -0.15) is 17.9 Å². The number of hydrogen-bond donors (Lipinski definition) is 0. The van der Waals surface area contributed by atoms with Crippen LogP contribution >= 0.6 is 0 Å². The fraction of sp³-hybridized carbons (Fsp3) is 0.500. The highest BCUT2D eigenvalue weighted by Crippen LogP contribution is 2.23. The minimum absolute atomic E-state index is 0.446. The van der Waals surface area contributed by atoms with Crippen molar-refractivity contribution in [3.8, 4) is 5.88 Å². The van der Waals surface area contributed by atoms with Crippen molar-refractivity contribution in [3.05, 3.63) is 12.3 Å². The van der Waals surface area contributed by atoms with Crippen molar-refractivity contribution in [1.29, 1.82) is 0 Å². The van der Waals surface area contributed by atoms with Crippen LogP contribution in [-0.2, 0) is 6.30 Å². The fourth-order valence-electron chi connectivity index (χ4n) is 0.681. The molecule has 1 heterocycles. The molecule has 9 heteroatoms. The van der Waals surface area contributed by atoms with Crippen molar-refractivity contribution >= 4 is 0 Å². The van der Waals surface area contributed by atoms with Crippen molar-refractivity contribution in [2.75, 3.05) is 6.61 Å². The highest BCUT2D eigenvalue weighted by atomic mass is 19.4. The predicted molar refractivity (Wildman–Crippen MR) is 35.1 cm³/mol. The summed E-state index contributed by atoms with van der Waals surface area (Å²) in [4.78, 5) is 0. The summed E-state index contributed by atoms with van der Waals surface area (Å²) in [5, 5.41) is 2.75. The molecule has 0 aromatic carbocycles. The Bertz CT molecular complexity index is 327. The third-order valence-corrected chi connectivity index (χ3v) is 1.21. The van der Waals surface area contributed by atoms with Gasteiger partial charge in [-0.15, -0.1) is 18.3 Å². The molecule has 1 aromatic heterocycles. The topological polar surface area (TPSA) is 27.1 Å². The standard InChI is InChI=1S/C6H4F6N2O/c7-5(8,9)3-15-4-1-2-14(13-4)6(10,11)12/h1-2H,3H2. The first-order chi connectivity index (χ1) is 6.68. The SMILES string of the molecule is FC(F)(F)COc1ccn(C(F)(F)F)n1. The monoisotopic (exact) mass is 234 g/mol. The lowest BCUT2D eigenvalue weighted by Crippen LogP contribution is -2.20. The molecule has 0 saturated heterocycles. The maximum atomic E-state index is 11.9. The van der Waals surface area contributed by atoms with Crippen LogP contribution in [-0.4, -0.2) is 22.6 Å². The van der Waals surface area contributed by atoms with Gasteiger partial charge in [0.05, 0.1) is 0 Å². The predicted octanol–water partition coefficient (Wildman–Crippen LogP) is 2.30. The second kappa shape index (κ2) is 3.63. The quantitative estimate of drug-likeness (QED) is 0.734. The molecule has 0 atom stereocenters. The van der Waals surface area contributed by atoms with Crippen LogP contribution < -0.4 is 4.74 Å². The second-order valence-corrected chi connectivity index (χ2v) is 2.47. The zero-order valence-electron chi connectivity index (χ0n) is 6.93. The Morgan fingerprint density at radius 3 is 2.20 bits per heavy atom. The highest BCUT2D eigenvalue weighted by Gasteiger charge is 2.33. The summed E-state index contributed by atoms with van der Waals surface area (Å²) < 4.78 is 74.0. The van der Waals surface area contributed by atoms with Gasteiger partial charge < -0.3 is 4.74 Å². The van der Waals surface area contributed by atoms with Gasteiger partial charge in [0.2, 0.25) is 5.88 Å². The molecule has 0 radical (unpaired) electrons. The lowest BCUT2D eigenvalue weighted by molar-refractivity contribution is -0.212. The molecular formula is C6H4F6N2O. The summed E-state index contributed by atoms with van der Waals surface area (Å²) >= 11 is 0. The molecule has 3 nitrogen and oxygen atoms in total. The molecule has 0 aliphatic heterocycles. The van der Waals surface area contributed by atoms with Gasteiger partial charge in [-0.05, 0) is 0 Å². The van der Waals surface area contributed by atoms with Crippen LogP contribution in [0, 0.1) is 0 Å². The van der Waals surface area contributed by atoms with E-state index in [2.05, 4.69) is 9.84 Å². The van der Waals surface area contributed by atoms with Crippen molar-refractivity contribution in [3.63, 3.8) is 0 Å². The number of hydrogen-bond acceptors (Lipinski definition) is 2. The zero-order valence-corrected chi connectivity index (χ0v) is 6.93. The van der Waals surface area contributed by atoms with E-state index in [1.807, 2.05) is 0 Å². The summed E-state index contributed by atoms with van der Waals surface area (Å²) in [5.41, 5.74) is 0. The molecule has 15 heavy (non-hydrogen) atoms. The summed E-state index contributed by atoms with van der Waals surface area (Å²) in [6.45, 7) is -1.68. The fourth-order valence-corrected chi connectivity index (χ4v) is 0.681.